The van der Waals surface area contributed by atoms with E-state index in [-0.39, 0.29) is 5.75 Å². The summed E-state index contributed by atoms with van der Waals surface area (Å²) >= 11 is 22.3. The van der Waals surface area contributed by atoms with Crippen molar-refractivity contribution in [1.82, 2.24) is 19.9 Å². The maximum atomic E-state index is 12.0. The minimum absolute atomic E-state index is 0.288. The number of hydrogen-bond donors (Lipinski definition) is 2. The second-order valence-corrected chi connectivity index (χ2v) is 20.0. The van der Waals surface area contributed by atoms with Crippen LogP contribution in [0.4, 0.5) is 0 Å². The van der Waals surface area contributed by atoms with Gasteiger partial charge in [-0.3, -0.25) is 0 Å². The highest BCUT2D eigenvalue weighted by Crippen LogP contribution is 2.57. The number of benzene rings is 4. The molecule has 0 saturated heterocycles. The summed E-state index contributed by atoms with van der Waals surface area (Å²) in [6.07, 6.45) is 4.44. The van der Waals surface area contributed by atoms with Gasteiger partial charge in [-0.05, 0) is 119 Å². The number of hydrogen-bond acceptors (Lipinski definition) is 4. The van der Waals surface area contributed by atoms with Crippen LogP contribution in [0.3, 0.4) is 0 Å². The Hall–Kier alpha value is -4.47. The number of aromatic nitrogens is 4. The Morgan fingerprint density at radius 2 is 0.696 bits per heavy atom. The summed E-state index contributed by atoms with van der Waals surface area (Å²) in [7, 11) is 0. The van der Waals surface area contributed by atoms with Gasteiger partial charge in [-0.2, -0.15) is 0 Å². The molecule has 0 saturated carbocycles. The van der Waals surface area contributed by atoms with Gasteiger partial charge in [-0.15, -0.1) is 0 Å². The van der Waals surface area contributed by atoms with E-state index in [1.165, 1.54) is 0 Å². The van der Waals surface area contributed by atoms with Gasteiger partial charge in [-0.25, -0.2) is 14.5 Å². The van der Waals surface area contributed by atoms with Crippen LogP contribution in [0.25, 0.3) is 90.9 Å². The van der Waals surface area contributed by atoms with Crippen LogP contribution in [-0.2, 0) is 4.57 Å². The zero-order chi connectivity index (χ0) is 38.6. The molecular weight excluding hydrogens is 958 g/mol. The van der Waals surface area contributed by atoms with Gasteiger partial charge in [-0.1, -0.05) is 96.3 Å². The first-order valence-corrected chi connectivity index (χ1v) is 23.1. The molecule has 12 heteroatoms. The molecule has 3 aromatic heterocycles. The number of nitrogens with one attached hydrogen (secondary N) is 2. The molecule has 5 heterocycles. The topological polar surface area (TPSA) is 83.7 Å². The zero-order valence-electron chi connectivity index (χ0n) is 28.9. The van der Waals surface area contributed by atoms with Crippen LogP contribution < -0.4 is 4.52 Å². The van der Waals surface area contributed by atoms with Gasteiger partial charge >= 0.3 is 6.07 Å². The van der Waals surface area contributed by atoms with Crippen molar-refractivity contribution in [3.63, 3.8) is 0 Å². The largest absolute Gasteiger partial charge is 0.428 e. The molecule has 56 heavy (non-hydrogen) atoms. The van der Waals surface area contributed by atoms with E-state index >= 15 is 0 Å². The molecule has 2 aliphatic heterocycles. The normalized spacial score (nSPS) is 12.3. The lowest BCUT2D eigenvalue weighted by Gasteiger charge is -2.09. The summed E-state index contributed by atoms with van der Waals surface area (Å²) in [4.78, 5) is 18.2. The molecule has 0 aliphatic carbocycles. The third kappa shape index (κ3) is 7.52. The van der Waals surface area contributed by atoms with Crippen LogP contribution in [-0.4, -0.2) is 19.9 Å². The van der Waals surface area contributed by atoms with Crippen molar-refractivity contribution in [3.05, 3.63) is 158 Å². The van der Waals surface area contributed by atoms with E-state index in [2.05, 4.69) is 131 Å². The summed E-state index contributed by atoms with van der Waals surface area (Å²) in [5, 5.41) is 0. The highest BCUT2D eigenvalue weighted by Gasteiger charge is 2.20. The van der Waals surface area contributed by atoms with Crippen LogP contribution in [0.5, 0.6) is 5.75 Å². The summed E-state index contributed by atoms with van der Waals surface area (Å²) in [5.41, 5.74) is 14.3. The minimum Gasteiger partial charge on any atom is -0.422 e. The molecule has 0 unspecified atom stereocenters. The maximum absolute atomic E-state index is 12.0. The number of nitrogens with zero attached hydrogens (tertiary/aromatic N) is 2. The standard InChI is InChI=1S/C44H26Br3Cl2N4O2P/c45-29-9-1-25(2-10-29)41-33-17-19-35(50-33)42(26-3-11-30(46)12-4-26)37-21-23-39(52-37)44(28-7-15-32(16-8-28)55-56(48,49)54)40-24-22-38(53-40)43(36-20-18-34(41)51-36)27-5-13-31(47)14-6-27/h1-24,50,53H. The maximum Gasteiger partial charge on any atom is 0.428 e. The fourth-order valence-corrected chi connectivity index (χ4v) is 8.71. The minimum atomic E-state index is -3.80. The lowest BCUT2D eigenvalue weighted by molar-refractivity contribution is 0.513. The summed E-state index contributed by atoms with van der Waals surface area (Å²) in [5.74, 6) is 0.288. The molecule has 274 valence electrons. The smallest absolute Gasteiger partial charge is 0.422 e. The van der Waals surface area contributed by atoms with Gasteiger partial charge in [0.25, 0.3) is 0 Å². The van der Waals surface area contributed by atoms with Crippen molar-refractivity contribution < 1.29 is 9.09 Å². The Labute approximate surface area is 356 Å². The molecule has 8 bridgehead atoms. The number of halogens is 5. The summed E-state index contributed by atoms with van der Waals surface area (Å²) in [6, 6.07) is 40.3. The van der Waals surface area contributed by atoms with Crippen molar-refractivity contribution >= 4 is 123 Å². The first-order chi connectivity index (χ1) is 27.1. The molecule has 7 aromatic rings. The van der Waals surface area contributed by atoms with Crippen LogP contribution in [0, 0.1) is 0 Å². The average molecular weight is 984 g/mol. The van der Waals surface area contributed by atoms with Gasteiger partial charge in [0.05, 0.1) is 22.8 Å². The van der Waals surface area contributed by atoms with Gasteiger partial charge in [0.2, 0.25) is 0 Å². The molecule has 2 aliphatic rings. The number of H-pyrrole nitrogens is 2. The van der Waals surface area contributed by atoms with Crippen molar-refractivity contribution in [2.45, 2.75) is 0 Å². The van der Waals surface area contributed by atoms with Gasteiger partial charge < -0.3 is 14.5 Å². The molecular formula is C44H26Br3Cl2N4O2P. The quantitative estimate of drug-likeness (QED) is 0.163. The van der Waals surface area contributed by atoms with E-state index in [1.807, 2.05) is 60.7 Å². The van der Waals surface area contributed by atoms with Gasteiger partial charge in [0, 0.05) is 80.2 Å². The first-order valence-electron chi connectivity index (χ1n) is 17.3. The van der Waals surface area contributed by atoms with Crippen molar-refractivity contribution in [2.75, 3.05) is 0 Å². The SMILES string of the molecule is O=P(Cl)(Cl)Oc1ccc(-c2c3nc(c(-c4ccc(Br)cc4)c4ccc([nH]4)c(-c4ccc(Br)cc4)c4nc(c(-c5ccc(Br)cc5)c5ccc2[nH]5)C=C4)C=C3)cc1. The van der Waals surface area contributed by atoms with E-state index in [0.717, 1.165) is 103 Å². The fraction of sp³-hybridized carbons (Fsp3) is 0. The Kier molecular flexibility index (Phi) is 10.0. The van der Waals surface area contributed by atoms with Crippen LogP contribution in [0.15, 0.2) is 135 Å². The number of aromatic amines is 2. The van der Waals surface area contributed by atoms with Crippen LogP contribution in [0.1, 0.15) is 22.8 Å². The summed E-state index contributed by atoms with van der Waals surface area (Å²) in [6.45, 7) is 0. The zero-order valence-corrected chi connectivity index (χ0v) is 36.1. The first kappa shape index (κ1) is 37.1. The Morgan fingerprint density at radius 3 is 0.964 bits per heavy atom. The second kappa shape index (κ2) is 15.1. The van der Waals surface area contributed by atoms with E-state index in [9.17, 15) is 4.57 Å². The third-order valence-corrected chi connectivity index (χ3v) is 11.9. The van der Waals surface area contributed by atoms with E-state index in [0.29, 0.717) is 0 Å². The molecule has 9 rings (SSSR count). The fourth-order valence-electron chi connectivity index (χ4n) is 7.08. The molecule has 0 radical (unpaired) electrons. The molecule has 4 aromatic carbocycles. The predicted octanol–water partition coefficient (Wildman–Crippen LogP) is 15.6. The van der Waals surface area contributed by atoms with Crippen LogP contribution in [0.2, 0.25) is 0 Å². The highest BCUT2D eigenvalue weighted by atomic mass is 79.9. The van der Waals surface area contributed by atoms with Gasteiger partial charge in [0.15, 0.2) is 0 Å². The second-order valence-electron chi connectivity index (χ2n) is 13.1. The molecule has 0 atom stereocenters. The number of rotatable bonds is 6. The predicted molar refractivity (Wildman–Crippen MR) is 244 cm³/mol. The molecule has 6 nitrogen and oxygen atoms in total. The van der Waals surface area contributed by atoms with Crippen LogP contribution >= 0.6 is 76.3 Å². The molecule has 0 spiro atoms. The van der Waals surface area contributed by atoms with Crippen molar-refractivity contribution in [2.24, 2.45) is 0 Å². The van der Waals surface area contributed by atoms with E-state index in [4.69, 9.17) is 37.0 Å². The lowest BCUT2D eigenvalue weighted by atomic mass is 10.0. The van der Waals surface area contributed by atoms with Gasteiger partial charge in [0.1, 0.15) is 5.75 Å². The molecule has 0 fully saturated rings. The monoisotopic (exact) mass is 980 g/mol. The van der Waals surface area contributed by atoms with E-state index < -0.39 is 6.07 Å². The van der Waals surface area contributed by atoms with Crippen molar-refractivity contribution in [1.29, 1.82) is 0 Å². The third-order valence-electron chi connectivity index (χ3n) is 9.51. The average Bonchev–Trinajstić information content (AvgIpc) is 4.02. The Balaban J connectivity index is 1.43. The Bertz CT molecular complexity index is 2910. The van der Waals surface area contributed by atoms with E-state index in [1.54, 1.807) is 12.1 Å². The molecule has 2 N–H and O–H groups in total. The molecule has 0 amide bonds. The van der Waals surface area contributed by atoms with Crippen molar-refractivity contribution in [3.8, 4) is 50.3 Å². The Morgan fingerprint density at radius 1 is 0.429 bits per heavy atom. The summed E-state index contributed by atoms with van der Waals surface area (Å²) < 4.78 is 20.3. The highest BCUT2D eigenvalue weighted by molar-refractivity contribution is 9.11. The number of fused-ring (bicyclic) bond motifs is 8. The lowest BCUT2D eigenvalue weighted by Crippen LogP contribution is -1.90.